The van der Waals surface area contributed by atoms with Crippen molar-refractivity contribution in [2.75, 3.05) is 0 Å². The molecule has 0 saturated carbocycles. The SMILES string of the molecule is [2H]C([2H])(OCc1ccccc1)c1ccc(OCc2ccccc2)c([C@H](CC(=O)N(C(C)C)C(C)C)c2ccccc2)c1. The third-order valence-electron chi connectivity index (χ3n) is 6.88. The Hall–Kier alpha value is -3.89. The minimum Gasteiger partial charge on any atom is -0.489 e. The van der Waals surface area contributed by atoms with E-state index in [2.05, 4.69) is 0 Å². The Kier molecular flexibility index (Phi) is 9.54. The highest BCUT2D eigenvalue weighted by Crippen LogP contribution is 2.37. The van der Waals surface area contributed by atoms with Gasteiger partial charge in [-0.05, 0) is 62.1 Å². The third kappa shape index (κ3) is 8.06. The molecule has 0 radical (unpaired) electrons. The summed E-state index contributed by atoms with van der Waals surface area (Å²) in [4.78, 5) is 15.7. The van der Waals surface area contributed by atoms with Crippen molar-refractivity contribution >= 4 is 5.91 Å². The Morgan fingerprint density at radius 1 is 0.725 bits per heavy atom. The zero-order valence-corrected chi connectivity index (χ0v) is 23.9. The van der Waals surface area contributed by atoms with Gasteiger partial charge in [0.25, 0.3) is 0 Å². The molecular formula is C36H41NO3. The second-order valence-corrected chi connectivity index (χ2v) is 10.6. The molecule has 0 aliphatic heterocycles. The Labute approximate surface area is 242 Å². The van der Waals surface area contributed by atoms with E-state index in [0.717, 1.165) is 22.3 Å². The zero-order chi connectivity index (χ0) is 30.1. The molecule has 208 valence electrons. The number of carbonyl (C=O) groups excluding carboxylic acids is 1. The minimum atomic E-state index is -2.06. The lowest BCUT2D eigenvalue weighted by Crippen LogP contribution is -2.42. The van der Waals surface area contributed by atoms with Crippen molar-refractivity contribution in [2.24, 2.45) is 0 Å². The maximum absolute atomic E-state index is 13.8. The average molecular weight is 538 g/mol. The van der Waals surface area contributed by atoms with Crippen molar-refractivity contribution in [3.05, 3.63) is 137 Å². The first-order valence-corrected chi connectivity index (χ1v) is 14.0. The molecule has 4 aromatic carbocycles. The van der Waals surface area contributed by atoms with Gasteiger partial charge in [-0.3, -0.25) is 4.79 Å². The van der Waals surface area contributed by atoms with Crippen molar-refractivity contribution in [3.8, 4) is 5.75 Å². The van der Waals surface area contributed by atoms with Crippen LogP contribution in [0.2, 0.25) is 0 Å². The van der Waals surface area contributed by atoms with Gasteiger partial charge in [-0.2, -0.15) is 0 Å². The predicted molar refractivity (Wildman–Crippen MR) is 162 cm³/mol. The maximum Gasteiger partial charge on any atom is 0.223 e. The molecule has 4 aromatic rings. The van der Waals surface area contributed by atoms with Crippen molar-refractivity contribution in [3.63, 3.8) is 0 Å². The number of rotatable bonds is 13. The third-order valence-corrected chi connectivity index (χ3v) is 6.88. The summed E-state index contributed by atoms with van der Waals surface area (Å²) in [5, 5.41) is 0. The normalized spacial score (nSPS) is 13.1. The topological polar surface area (TPSA) is 38.8 Å². The quantitative estimate of drug-likeness (QED) is 0.173. The van der Waals surface area contributed by atoms with Gasteiger partial charge in [0, 0.05) is 30.0 Å². The molecule has 0 spiro atoms. The number of hydrogen-bond donors (Lipinski definition) is 0. The van der Waals surface area contributed by atoms with Crippen LogP contribution in [-0.4, -0.2) is 22.9 Å². The predicted octanol–water partition coefficient (Wildman–Crippen LogP) is 8.15. The van der Waals surface area contributed by atoms with E-state index >= 15 is 0 Å². The summed E-state index contributed by atoms with van der Waals surface area (Å²) in [5.41, 5.74) is 4.00. The van der Waals surface area contributed by atoms with Gasteiger partial charge >= 0.3 is 0 Å². The lowest BCUT2D eigenvalue weighted by molar-refractivity contribution is -0.135. The number of amides is 1. The van der Waals surface area contributed by atoms with E-state index < -0.39 is 6.56 Å². The molecule has 0 heterocycles. The van der Waals surface area contributed by atoms with Gasteiger partial charge in [0.2, 0.25) is 5.91 Å². The highest BCUT2D eigenvalue weighted by molar-refractivity contribution is 5.78. The standard InChI is InChI=1S/C36H41NO3/c1-27(2)37(28(3)4)36(38)23-33(32-18-12-7-13-19-32)34-22-31(25-39-24-29-14-8-5-9-15-29)20-21-35(34)40-26-30-16-10-6-11-17-30/h5-22,27-28,33H,23-26H2,1-4H3/t33-/m1/s1/i25D2. The van der Waals surface area contributed by atoms with Crippen molar-refractivity contribution in [1.82, 2.24) is 4.90 Å². The van der Waals surface area contributed by atoms with Crippen LogP contribution >= 0.6 is 0 Å². The zero-order valence-electron chi connectivity index (χ0n) is 25.9. The highest BCUT2D eigenvalue weighted by atomic mass is 16.5. The Balaban J connectivity index is 1.75. The molecule has 40 heavy (non-hydrogen) atoms. The van der Waals surface area contributed by atoms with Gasteiger partial charge in [-0.1, -0.05) is 97.1 Å². The molecule has 0 fully saturated rings. The molecule has 1 atom stereocenters. The van der Waals surface area contributed by atoms with Crippen LogP contribution in [0.1, 0.15) is 70.6 Å². The van der Waals surface area contributed by atoms with E-state index in [4.69, 9.17) is 12.2 Å². The van der Waals surface area contributed by atoms with E-state index in [1.165, 1.54) is 0 Å². The lowest BCUT2D eigenvalue weighted by Gasteiger charge is -2.33. The van der Waals surface area contributed by atoms with Crippen LogP contribution in [-0.2, 0) is 29.3 Å². The Bertz CT molecular complexity index is 1400. The second kappa shape index (κ2) is 14.5. The Morgan fingerprint density at radius 2 is 1.27 bits per heavy atom. The largest absolute Gasteiger partial charge is 0.489 e. The van der Waals surface area contributed by atoms with Gasteiger partial charge in [-0.15, -0.1) is 0 Å². The molecule has 0 aliphatic rings. The first-order valence-electron chi connectivity index (χ1n) is 15.0. The fourth-order valence-electron chi connectivity index (χ4n) is 5.07. The van der Waals surface area contributed by atoms with Gasteiger partial charge in [0.1, 0.15) is 12.4 Å². The lowest BCUT2D eigenvalue weighted by atomic mass is 9.86. The summed E-state index contributed by atoms with van der Waals surface area (Å²) >= 11 is 0. The molecule has 1 amide bonds. The van der Waals surface area contributed by atoms with Crippen molar-refractivity contribution in [1.29, 1.82) is 0 Å². The van der Waals surface area contributed by atoms with Crippen LogP contribution in [0.3, 0.4) is 0 Å². The Morgan fingerprint density at radius 3 is 1.85 bits per heavy atom. The van der Waals surface area contributed by atoms with Gasteiger partial charge in [0.05, 0.1) is 15.9 Å². The summed E-state index contributed by atoms with van der Waals surface area (Å²) in [6.45, 7) is 6.55. The molecule has 0 bridgehead atoms. The molecule has 0 unspecified atom stereocenters. The molecule has 0 saturated heterocycles. The van der Waals surface area contributed by atoms with Crippen LogP contribution in [0.15, 0.2) is 109 Å². The van der Waals surface area contributed by atoms with Crippen LogP contribution in [0.25, 0.3) is 0 Å². The fourth-order valence-corrected chi connectivity index (χ4v) is 5.07. The van der Waals surface area contributed by atoms with Crippen molar-refractivity contribution in [2.45, 2.75) is 71.9 Å². The fraction of sp³-hybridized carbons (Fsp3) is 0.306. The van der Waals surface area contributed by atoms with E-state index in [1.807, 2.05) is 130 Å². The van der Waals surface area contributed by atoms with E-state index in [9.17, 15) is 4.79 Å². The monoisotopic (exact) mass is 537 g/mol. The van der Waals surface area contributed by atoms with Gasteiger partial charge < -0.3 is 14.4 Å². The van der Waals surface area contributed by atoms with Gasteiger partial charge in [0.15, 0.2) is 0 Å². The van der Waals surface area contributed by atoms with Crippen LogP contribution < -0.4 is 4.74 Å². The summed E-state index contributed by atoms with van der Waals surface area (Å²) < 4.78 is 29.8. The smallest absolute Gasteiger partial charge is 0.223 e. The first-order chi connectivity index (χ1) is 20.2. The highest BCUT2D eigenvalue weighted by Gasteiger charge is 2.27. The van der Waals surface area contributed by atoms with E-state index in [1.54, 1.807) is 12.1 Å². The number of carbonyl (C=O) groups is 1. The summed E-state index contributed by atoms with van der Waals surface area (Å²) in [6.07, 6.45) is 0.222. The maximum atomic E-state index is 13.8. The number of nitrogens with zero attached hydrogens (tertiary/aromatic N) is 1. The second-order valence-electron chi connectivity index (χ2n) is 10.6. The summed E-state index contributed by atoms with van der Waals surface area (Å²) in [5.74, 6) is 0.301. The molecule has 4 heteroatoms. The summed E-state index contributed by atoms with van der Waals surface area (Å²) in [6, 6.07) is 34.8. The van der Waals surface area contributed by atoms with Crippen LogP contribution in [0, 0.1) is 0 Å². The number of ether oxygens (including phenoxy) is 2. The molecule has 0 aliphatic carbocycles. The van der Waals surface area contributed by atoms with E-state index in [-0.39, 0.29) is 36.9 Å². The van der Waals surface area contributed by atoms with Gasteiger partial charge in [-0.25, -0.2) is 0 Å². The summed E-state index contributed by atoms with van der Waals surface area (Å²) in [7, 11) is 0. The number of benzene rings is 4. The molecule has 0 N–H and O–H groups in total. The van der Waals surface area contributed by atoms with E-state index in [0.29, 0.717) is 17.9 Å². The first kappa shape index (κ1) is 26.3. The molecule has 4 nitrogen and oxygen atoms in total. The average Bonchev–Trinajstić information content (AvgIpc) is 2.99. The van der Waals surface area contributed by atoms with Crippen LogP contribution in [0.4, 0.5) is 0 Å². The van der Waals surface area contributed by atoms with Crippen LogP contribution in [0.5, 0.6) is 5.75 Å². The number of hydrogen-bond acceptors (Lipinski definition) is 3. The molecule has 0 aromatic heterocycles. The van der Waals surface area contributed by atoms with Crippen molar-refractivity contribution < 1.29 is 17.0 Å². The molecule has 4 rings (SSSR count). The molecular weight excluding hydrogens is 494 g/mol. The minimum absolute atomic E-state index is 0.0385.